The molecule has 2 rings (SSSR count). The minimum Gasteiger partial charge on any atom is -0.481 e. The van der Waals surface area contributed by atoms with Gasteiger partial charge in [0.05, 0.1) is 12.1 Å². The molecule has 0 radical (unpaired) electrons. The molecule has 0 spiro atoms. The summed E-state index contributed by atoms with van der Waals surface area (Å²) in [4.78, 5) is 14.8. The normalized spacial score (nSPS) is 11.9. The van der Waals surface area contributed by atoms with E-state index in [1.807, 2.05) is 6.07 Å². The molecule has 0 aliphatic heterocycles. The van der Waals surface area contributed by atoms with Gasteiger partial charge in [0.2, 0.25) is 0 Å². The van der Waals surface area contributed by atoms with Crippen molar-refractivity contribution in [3.8, 4) is 0 Å². The average molecular weight is 233 g/mol. The summed E-state index contributed by atoms with van der Waals surface area (Å²) in [6.45, 7) is 6.23. The summed E-state index contributed by atoms with van der Waals surface area (Å²) >= 11 is 0. The van der Waals surface area contributed by atoms with Crippen molar-refractivity contribution in [3.05, 3.63) is 29.7 Å². The summed E-state index contributed by atoms with van der Waals surface area (Å²) in [6.07, 6.45) is 3.26. The summed E-state index contributed by atoms with van der Waals surface area (Å²) in [5.41, 5.74) is 2.29. The quantitative estimate of drug-likeness (QED) is 0.856. The Morgan fingerprint density at radius 1 is 1.47 bits per heavy atom. The number of aliphatic carboxylic acids is 1. The molecule has 5 nitrogen and oxygen atoms in total. The minimum absolute atomic E-state index is 0.0341. The van der Waals surface area contributed by atoms with E-state index in [0.717, 1.165) is 11.3 Å². The number of aromatic nitrogens is 3. The molecule has 17 heavy (non-hydrogen) atoms. The number of hydrogen-bond donors (Lipinski definition) is 1. The molecule has 0 aromatic carbocycles. The lowest BCUT2D eigenvalue weighted by atomic mass is 9.93. The van der Waals surface area contributed by atoms with Crippen LogP contribution in [0.25, 0.3) is 5.65 Å². The van der Waals surface area contributed by atoms with Crippen LogP contribution in [0, 0.1) is 0 Å². The molecule has 2 aromatic heterocycles. The Hall–Kier alpha value is -1.91. The van der Waals surface area contributed by atoms with Gasteiger partial charge in [0.15, 0.2) is 5.65 Å². The third-order valence-electron chi connectivity index (χ3n) is 2.49. The van der Waals surface area contributed by atoms with Gasteiger partial charge < -0.3 is 5.11 Å². The number of hydrogen-bond acceptors (Lipinski definition) is 3. The van der Waals surface area contributed by atoms with Gasteiger partial charge in [-0.1, -0.05) is 20.8 Å². The first kappa shape index (κ1) is 11.6. The summed E-state index contributed by atoms with van der Waals surface area (Å²) in [5, 5.41) is 13.1. The van der Waals surface area contributed by atoms with E-state index in [4.69, 9.17) is 5.11 Å². The van der Waals surface area contributed by atoms with Crippen LogP contribution in [-0.2, 0) is 16.6 Å². The zero-order valence-electron chi connectivity index (χ0n) is 10.1. The molecule has 2 heterocycles. The number of fused-ring (bicyclic) bond motifs is 1. The second-order valence-electron chi connectivity index (χ2n) is 5.12. The maximum Gasteiger partial charge on any atom is 0.307 e. The highest BCUT2D eigenvalue weighted by atomic mass is 16.4. The molecule has 0 aliphatic carbocycles. The van der Waals surface area contributed by atoms with Gasteiger partial charge in [-0.05, 0) is 5.56 Å². The first-order valence-electron chi connectivity index (χ1n) is 5.43. The molecular weight excluding hydrogens is 218 g/mol. The van der Waals surface area contributed by atoms with Gasteiger partial charge in [0.25, 0.3) is 0 Å². The standard InChI is InChI=1S/C12H15N3O2/c1-12(2,3)9-5-10-13-6-8(4-11(16)17)7-15(10)14-9/h5-7H,4H2,1-3H3,(H,16,17). The fourth-order valence-corrected chi connectivity index (χ4v) is 1.55. The van der Waals surface area contributed by atoms with E-state index in [1.165, 1.54) is 0 Å². The van der Waals surface area contributed by atoms with E-state index in [2.05, 4.69) is 30.9 Å². The molecule has 0 unspecified atom stereocenters. The van der Waals surface area contributed by atoms with Crippen LogP contribution in [0.1, 0.15) is 32.0 Å². The smallest absolute Gasteiger partial charge is 0.307 e. The number of carbonyl (C=O) groups is 1. The van der Waals surface area contributed by atoms with Crippen molar-refractivity contribution in [1.29, 1.82) is 0 Å². The highest BCUT2D eigenvalue weighted by molar-refractivity contribution is 5.70. The van der Waals surface area contributed by atoms with E-state index >= 15 is 0 Å². The number of carboxylic acids is 1. The molecule has 0 saturated heterocycles. The highest BCUT2D eigenvalue weighted by Crippen LogP contribution is 2.21. The fraction of sp³-hybridized carbons (Fsp3) is 0.417. The fourth-order valence-electron chi connectivity index (χ4n) is 1.55. The van der Waals surface area contributed by atoms with E-state index in [0.29, 0.717) is 5.56 Å². The van der Waals surface area contributed by atoms with Gasteiger partial charge >= 0.3 is 5.97 Å². The van der Waals surface area contributed by atoms with Gasteiger partial charge in [-0.25, -0.2) is 9.50 Å². The maximum atomic E-state index is 10.6. The van der Waals surface area contributed by atoms with Crippen LogP contribution in [0.15, 0.2) is 18.5 Å². The zero-order chi connectivity index (χ0) is 12.6. The SMILES string of the molecule is CC(C)(C)c1cc2ncc(CC(=O)O)cn2n1. The Bertz CT molecular complexity index is 567. The molecule has 0 saturated carbocycles. The lowest BCUT2D eigenvalue weighted by molar-refractivity contribution is -0.136. The number of carboxylic acid groups (broad SMARTS) is 1. The second-order valence-corrected chi connectivity index (χ2v) is 5.12. The molecular formula is C12H15N3O2. The molecule has 0 atom stereocenters. The molecule has 0 fully saturated rings. The largest absolute Gasteiger partial charge is 0.481 e. The van der Waals surface area contributed by atoms with E-state index in [1.54, 1.807) is 16.9 Å². The Balaban J connectivity index is 2.44. The van der Waals surface area contributed by atoms with Crippen molar-refractivity contribution >= 4 is 11.6 Å². The Labute approximate surface area is 99.1 Å². The molecule has 5 heteroatoms. The number of nitrogens with zero attached hydrogens (tertiary/aromatic N) is 3. The third-order valence-corrected chi connectivity index (χ3v) is 2.49. The lowest BCUT2D eigenvalue weighted by Crippen LogP contribution is -2.11. The summed E-state index contributed by atoms with van der Waals surface area (Å²) in [5.74, 6) is -0.866. The summed E-state index contributed by atoms with van der Waals surface area (Å²) < 4.78 is 1.64. The van der Waals surface area contributed by atoms with E-state index < -0.39 is 5.97 Å². The van der Waals surface area contributed by atoms with Crippen LogP contribution >= 0.6 is 0 Å². The topological polar surface area (TPSA) is 67.5 Å². The monoisotopic (exact) mass is 233 g/mol. The minimum atomic E-state index is -0.866. The Kier molecular flexibility index (Phi) is 2.61. The molecule has 0 amide bonds. The van der Waals surface area contributed by atoms with Crippen molar-refractivity contribution in [2.24, 2.45) is 0 Å². The Morgan fingerprint density at radius 3 is 2.76 bits per heavy atom. The highest BCUT2D eigenvalue weighted by Gasteiger charge is 2.18. The Morgan fingerprint density at radius 2 is 2.18 bits per heavy atom. The second kappa shape index (κ2) is 3.84. The summed E-state index contributed by atoms with van der Waals surface area (Å²) in [7, 11) is 0. The number of rotatable bonds is 2. The predicted molar refractivity (Wildman–Crippen MR) is 63.0 cm³/mol. The van der Waals surface area contributed by atoms with Crippen molar-refractivity contribution in [2.45, 2.75) is 32.6 Å². The maximum absolute atomic E-state index is 10.6. The molecule has 0 aliphatic rings. The first-order valence-corrected chi connectivity index (χ1v) is 5.43. The van der Waals surface area contributed by atoms with Crippen molar-refractivity contribution in [3.63, 3.8) is 0 Å². The van der Waals surface area contributed by atoms with Crippen molar-refractivity contribution < 1.29 is 9.90 Å². The predicted octanol–water partition coefficient (Wildman–Crippen LogP) is 1.65. The van der Waals surface area contributed by atoms with Crippen LogP contribution in [0.3, 0.4) is 0 Å². The molecule has 0 bridgehead atoms. The van der Waals surface area contributed by atoms with Crippen LogP contribution in [0.2, 0.25) is 0 Å². The van der Waals surface area contributed by atoms with E-state index in [-0.39, 0.29) is 11.8 Å². The molecule has 2 aromatic rings. The van der Waals surface area contributed by atoms with Crippen LogP contribution in [0.5, 0.6) is 0 Å². The van der Waals surface area contributed by atoms with Crippen LogP contribution in [0.4, 0.5) is 0 Å². The van der Waals surface area contributed by atoms with Gasteiger partial charge in [-0.2, -0.15) is 5.10 Å². The zero-order valence-corrected chi connectivity index (χ0v) is 10.1. The van der Waals surface area contributed by atoms with E-state index in [9.17, 15) is 4.79 Å². The van der Waals surface area contributed by atoms with Gasteiger partial charge in [-0.3, -0.25) is 4.79 Å². The van der Waals surface area contributed by atoms with Crippen molar-refractivity contribution in [2.75, 3.05) is 0 Å². The third kappa shape index (κ3) is 2.43. The van der Waals surface area contributed by atoms with Gasteiger partial charge in [0.1, 0.15) is 0 Å². The lowest BCUT2D eigenvalue weighted by Gasteiger charge is -2.13. The molecule has 1 N–H and O–H groups in total. The summed E-state index contributed by atoms with van der Waals surface area (Å²) in [6, 6.07) is 1.92. The van der Waals surface area contributed by atoms with Gasteiger partial charge in [0, 0.05) is 23.9 Å². The van der Waals surface area contributed by atoms with Crippen LogP contribution < -0.4 is 0 Å². The first-order chi connectivity index (χ1) is 7.86. The van der Waals surface area contributed by atoms with Crippen molar-refractivity contribution in [1.82, 2.24) is 14.6 Å². The van der Waals surface area contributed by atoms with Gasteiger partial charge in [-0.15, -0.1) is 0 Å². The molecule has 90 valence electrons. The van der Waals surface area contributed by atoms with Crippen LogP contribution in [-0.4, -0.2) is 25.7 Å². The average Bonchev–Trinajstić information content (AvgIpc) is 2.58.